The second kappa shape index (κ2) is 3.44. The monoisotopic (exact) mass is 196 g/mol. The number of nitrogens with zero attached hydrogens (tertiary/aromatic N) is 2. The SMILES string of the molecule is CC(C)(C)c1nc(C(O)C#N)cs1. The van der Waals surface area contributed by atoms with Crippen LogP contribution in [0.1, 0.15) is 37.6 Å². The van der Waals surface area contributed by atoms with Gasteiger partial charge in [0, 0.05) is 10.8 Å². The maximum Gasteiger partial charge on any atom is 0.183 e. The molecule has 0 aliphatic heterocycles. The second-order valence-electron chi connectivity index (χ2n) is 3.86. The van der Waals surface area contributed by atoms with E-state index in [4.69, 9.17) is 5.26 Å². The van der Waals surface area contributed by atoms with Crippen molar-refractivity contribution in [2.24, 2.45) is 0 Å². The van der Waals surface area contributed by atoms with Crippen LogP contribution < -0.4 is 0 Å². The number of hydrogen-bond acceptors (Lipinski definition) is 4. The Morgan fingerprint density at radius 2 is 2.23 bits per heavy atom. The van der Waals surface area contributed by atoms with Gasteiger partial charge in [-0.25, -0.2) is 4.98 Å². The number of hydrogen-bond donors (Lipinski definition) is 1. The number of thiazole rings is 1. The highest BCUT2D eigenvalue weighted by Gasteiger charge is 2.20. The Morgan fingerprint density at radius 3 is 2.62 bits per heavy atom. The van der Waals surface area contributed by atoms with Gasteiger partial charge in [-0.3, -0.25) is 0 Å². The molecule has 0 amide bonds. The molecule has 0 aliphatic rings. The summed E-state index contributed by atoms with van der Waals surface area (Å²) < 4.78 is 0. The Labute approximate surface area is 81.7 Å². The summed E-state index contributed by atoms with van der Waals surface area (Å²) in [4.78, 5) is 4.20. The molecule has 0 saturated carbocycles. The molecule has 1 unspecified atom stereocenters. The van der Waals surface area contributed by atoms with Crippen LogP contribution in [-0.4, -0.2) is 10.1 Å². The highest BCUT2D eigenvalue weighted by molar-refractivity contribution is 7.09. The number of rotatable bonds is 1. The van der Waals surface area contributed by atoms with Crippen molar-refractivity contribution in [3.8, 4) is 6.07 Å². The fourth-order valence-electron chi connectivity index (χ4n) is 0.822. The molecule has 1 aromatic rings. The van der Waals surface area contributed by atoms with E-state index in [0.717, 1.165) is 5.01 Å². The Morgan fingerprint density at radius 1 is 1.62 bits per heavy atom. The first kappa shape index (κ1) is 10.2. The molecule has 0 saturated heterocycles. The summed E-state index contributed by atoms with van der Waals surface area (Å²) in [5.74, 6) is 0. The lowest BCUT2D eigenvalue weighted by Gasteiger charge is -2.13. The standard InChI is InChI=1S/C9H12N2OS/c1-9(2,3)8-11-6(5-13-8)7(12)4-10/h5,7,12H,1-3H3. The average Bonchev–Trinajstić information content (AvgIpc) is 2.50. The van der Waals surface area contributed by atoms with Crippen LogP contribution >= 0.6 is 11.3 Å². The molecule has 1 N–H and O–H groups in total. The Hall–Kier alpha value is -0.920. The summed E-state index contributed by atoms with van der Waals surface area (Å²) in [6.07, 6.45) is -1.09. The molecule has 1 aromatic heterocycles. The van der Waals surface area contributed by atoms with Gasteiger partial charge in [-0.15, -0.1) is 11.3 Å². The van der Waals surface area contributed by atoms with E-state index < -0.39 is 6.10 Å². The fourth-order valence-corrected chi connectivity index (χ4v) is 1.75. The van der Waals surface area contributed by atoms with Gasteiger partial charge in [-0.2, -0.15) is 5.26 Å². The van der Waals surface area contributed by atoms with Crippen molar-refractivity contribution >= 4 is 11.3 Å². The lowest BCUT2D eigenvalue weighted by atomic mass is 9.98. The molecule has 0 bridgehead atoms. The van der Waals surface area contributed by atoms with E-state index in [0.29, 0.717) is 5.69 Å². The van der Waals surface area contributed by atoms with Gasteiger partial charge in [0.05, 0.1) is 10.7 Å². The Bertz CT molecular complexity index is 332. The summed E-state index contributed by atoms with van der Waals surface area (Å²) in [5.41, 5.74) is 0.440. The van der Waals surface area contributed by atoms with E-state index in [-0.39, 0.29) is 5.41 Å². The van der Waals surface area contributed by atoms with Crippen molar-refractivity contribution in [2.45, 2.75) is 32.3 Å². The summed E-state index contributed by atoms with van der Waals surface area (Å²) >= 11 is 1.48. The molecule has 1 atom stereocenters. The number of aromatic nitrogens is 1. The number of aliphatic hydroxyl groups excluding tert-OH is 1. The van der Waals surface area contributed by atoms with Gasteiger partial charge >= 0.3 is 0 Å². The van der Waals surface area contributed by atoms with E-state index in [1.165, 1.54) is 11.3 Å². The highest BCUT2D eigenvalue weighted by Crippen LogP contribution is 2.27. The molecule has 0 spiro atoms. The lowest BCUT2D eigenvalue weighted by molar-refractivity contribution is 0.231. The van der Waals surface area contributed by atoms with E-state index in [1.807, 2.05) is 20.8 Å². The predicted molar refractivity (Wildman–Crippen MR) is 51.4 cm³/mol. The van der Waals surface area contributed by atoms with Gasteiger partial charge in [-0.1, -0.05) is 20.8 Å². The Balaban J connectivity index is 2.95. The van der Waals surface area contributed by atoms with E-state index >= 15 is 0 Å². The van der Waals surface area contributed by atoms with Gasteiger partial charge in [0.2, 0.25) is 0 Å². The molecule has 0 aromatic carbocycles. The number of nitriles is 1. The van der Waals surface area contributed by atoms with Gasteiger partial charge < -0.3 is 5.11 Å². The largest absolute Gasteiger partial charge is 0.373 e. The van der Waals surface area contributed by atoms with Crippen LogP contribution in [0.4, 0.5) is 0 Å². The first-order valence-electron chi connectivity index (χ1n) is 3.98. The fraction of sp³-hybridized carbons (Fsp3) is 0.556. The first-order valence-corrected chi connectivity index (χ1v) is 4.86. The second-order valence-corrected chi connectivity index (χ2v) is 4.72. The summed E-state index contributed by atoms with van der Waals surface area (Å²) in [5, 5.41) is 20.3. The van der Waals surface area contributed by atoms with Crippen LogP contribution in [-0.2, 0) is 5.41 Å². The van der Waals surface area contributed by atoms with Crippen LogP contribution in [0.2, 0.25) is 0 Å². The lowest BCUT2D eigenvalue weighted by Crippen LogP contribution is -2.10. The van der Waals surface area contributed by atoms with Gasteiger partial charge in [-0.05, 0) is 0 Å². The zero-order valence-electron chi connectivity index (χ0n) is 7.90. The van der Waals surface area contributed by atoms with Crippen LogP contribution in [0, 0.1) is 11.3 Å². The maximum atomic E-state index is 9.19. The minimum atomic E-state index is -1.09. The third-order valence-electron chi connectivity index (χ3n) is 1.57. The maximum absolute atomic E-state index is 9.19. The normalized spacial score (nSPS) is 13.8. The minimum absolute atomic E-state index is 0.0158. The molecule has 0 radical (unpaired) electrons. The average molecular weight is 196 g/mol. The minimum Gasteiger partial charge on any atom is -0.373 e. The molecule has 70 valence electrons. The van der Waals surface area contributed by atoms with Gasteiger partial charge in [0.15, 0.2) is 6.10 Å². The third-order valence-corrected chi connectivity index (χ3v) is 2.85. The van der Waals surface area contributed by atoms with Crippen molar-refractivity contribution in [3.05, 3.63) is 16.1 Å². The molecule has 1 rings (SSSR count). The van der Waals surface area contributed by atoms with E-state index in [2.05, 4.69) is 4.98 Å². The van der Waals surface area contributed by atoms with Crippen molar-refractivity contribution in [1.29, 1.82) is 5.26 Å². The molecule has 13 heavy (non-hydrogen) atoms. The molecule has 3 nitrogen and oxygen atoms in total. The smallest absolute Gasteiger partial charge is 0.183 e. The molecular formula is C9H12N2OS. The predicted octanol–water partition coefficient (Wildman–Crippen LogP) is 2.00. The first-order chi connectivity index (χ1) is 5.95. The van der Waals surface area contributed by atoms with E-state index in [1.54, 1.807) is 11.4 Å². The molecule has 4 heteroatoms. The number of aliphatic hydroxyl groups is 1. The topological polar surface area (TPSA) is 56.9 Å². The van der Waals surface area contributed by atoms with Crippen LogP contribution in [0.25, 0.3) is 0 Å². The third kappa shape index (κ3) is 2.27. The summed E-state index contributed by atoms with van der Waals surface area (Å²) in [6.45, 7) is 6.15. The van der Waals surface area contributed by atoms with Crippen molar-refractivity contribution in [2.75, 3.05) is 0 Å². The van der Waals surface area contributed by atoms with Crippen LogP contribution in [0.3, 0.4) is 0 Å². The molecule has 1 heterocycles. The molecule has 0 fully saturated rings. The summed E-state index contributed by atoms with van der Waals surface area (Å²) in [7, 11) is 0. The van der Waals surface area contributed by atoms with Gasteiger partial charge in [0.1, 0.15) is 6.07 Å². The molecular weight excluding hydrogens is 184 g/mol. The van der Waals surface area contributed by atoms with Crippen molar-refractivity contribution in [3.63, 3.8) is 0 Å². The Kier molecular flexibility index (Phi) is 2.69. The zero-order valence-corrected chi connectivity index (χ0v) is 8.72. The highest BCUT2D eigenvalue weighted by atomic mass is 32.1. The van der Waals surface area contributed by atoms with Crippen LogP contribution in [0.15, 0.2) is 5.38 Å². The van der Waals surface area contributed by atoms with Crippen molar-refractivity contribution < 1.29 is 5.11 Å². The van der Waals surface area contributed by atoms with Crippen molar-refractivity contribution in [1.82, 2.24) is 4.98 Å². The quantitative estimate of drug-likeness (QED) is 0.699. The molecule has 0 aliphatic carbocycles. The van der Waals surface area contributed by atoms with Crippen LogP contribution in [0.5, 0.6) is 0 Å². The van der Waals surface area contributed by atoms with Gasteiger partial charge in [0.25, 0.3) is 0 Å². The zero-order chi connectivity index (χ0) is 10.1. The van der Waals surface area contributed by atoms with E-state index in [9.17, 15) is 5.11 Å². The summed E-state index contributed by atoms with van der Waals surface area (Å²) in [6, 6.07) is 1.75.